The van der Waals surface area contributed by atoms with Crippen molar-refractivity contribution in [1.29, 1.82) is 0 Å². The summed E-state index contributed by atoms with van der Waals surface area (Å²) in [6.45, 7) is 3.40. The minimum Gasteiger partial charge on any atom is -0.479 e. The second-order valence-electron chi connectivity index (χ2n) is 4.81. The number of nitrogens with zero attached hydrogens (tertiary/aromatic N) is 1. The molecule has 0 saturated heterocycles. The third-order valence-corrected chi connectivity index (χ3v) is 3.54. The predicted octanol–water partition coefficient (Wildman–Crippen LogP) is 4.25. The van der Waals surface area contributed by atoms with Crippen LogP contribution in [0.15, 0.2) is 47.5 Å². The summed E-state index contributed by atoms with van der Waals surface area (Å²) in [5.41, 5.74) is 2.62. The van der Waals surface area contributed by atoms with E-state index in [4.69, 9.17) is 21.4 Å². The number of aliphatic imine (C=N–C) groups is 1. The van der Waals surface area contributed by atoms with Crippen LogP contribution in [0.1, 0.15) is 18.1 Å². The maximum absolute atomic E-state index is 10.7. The van der Waals surface area contributed by atoms with E-state index in [9.17, 15) is 4.79 Å². The fourth-order valence-corrected chi connectivity index (χ4v) is 1.94. The highest BCUT2D eigenvalue weighted by molar-refractivity contribution is 6.31. The average Bonchev–Trinajstić information content (AvgIpc) is 2.50. The fraction of sp³-hybridized carbons (Fsp3) is 0.176. The van der Waals surface area contributed by atoms with Crippen molar-refractivity contribution in [1.82, 2.24) is 0 Å². The van der Waals surface area contributed by atoms with Crippen molar-refractivity contribution in [2.45, 2.75) is 20.0 Å². The molecule has 0 aliphatic carbocycles. The summed E-state index contributed by atoms with van der Waals surface area (Å²) >= 11 is 6.05. The highest BCUT2D eigenvalue weighted by atomic mass is 35.5. The van der Waals surface area contributed by atoms with Gasteiger partial charge in [-0.25, -0.2) is 4.79 Å². The molecule has 0 saturated carbocycles. The van der Waals surface area contributed by atoms with E-state index in [1.165, 1.54) is 6.92 Å². The van der Waals surface area contributed by atoms with Crippen molar-refractivity contribution < 1.29 is 14.6 Å². The van der Waals surface area contributed by atoms with Crippen LogP contribution in [0.2, 0.25) is 5.02 Å². The van der Waals surface area contributed by atoms with E-state index in [-0.39, 0.29) is 0 Å². The molecule has 0 spiro atoms. The molecule has 0 heterocycles. The lowest BCUT2D eigenvalue weighted by atomic mass is 10.2. The molecule has 0 aliphatic heterocycles. The Kier molecular flexibility index (Phi) is 5.17. The van der Waals surface area contributed by atoms with Gasteiger partial charge in [-0.05, 0) is 61.4 Å². The molecule has 22 heavy (non-hydrogen) atoms. The Morgan fingerprint density at radius 1 is 1.27 bits per heavy atom. The Morgan fingerprint density at radius 3 is 2.59 bits per heavy atom. The summed E-state index contributed by atoms with van der Waals surface area (Å²) in [4.78, 5) is 15.1. The molecule has 2 rings (SSSR count). The number of halogens is 1. The Labute approximate surface area is 134 Å². The normalized spacial score (nSPS) is 12.3. The number of hydrogen-bond acceptors (Lipinski definition) is 3. The zero-order valence-electron chi connectivity index (χ0n) is 12.3. The van der Waals surface area contributed by atoms with E-state index in [1.54, 1.807) is 18.3 Å². The zero-order valence-corrected chi connectivity index (χ0v) is 13.0. The van der Waals surface area contributed by atoms with Crippen molar-refractivity contribution in [2.24, 2.45) is 4.99 Å². The quantitative estimate of drug-likeness (QED) is 0.839. The van der Waals surface area contributed by atoms with Crippen molar-refractivity contribution in [3.05, 3.63) is 58.6 Å². The number of benzene rings is 2. The number of hydrogen-bond donors (Lipinski definition) is 1. The third kappa shape index (κ3) is 4.09. The van der Waals surface area contributed by atoms with Crippen LogP contribution in [0, 0.1) is 6.92 Å². The van der Waals surface area contributed by atoms with Gasteiger partial charge < -0.3 is 9.84 Å². The molecule has 2 aromatic carbocycles. The summed E-state index contributed by atoms with van der Waals surface area (Å²) in [6, 6.07) is 12.6. The minimum absolute atomic E-state index is 0.506. The van der Waals surface area contributed by atoms with E-state index in [1.807, 2.05) is 37.3 Å². The van der Waals surface area contributed by atoms with Crippen LogP contribution in [0.4, 0.5) is 5.69 Å². The maximum Gasteiger partial charge on any atom is 0.344 e. The summed E-state index contributed by atoms with van der Waals surface area (Å²) in [7, 11) is 0. The Balaban J connectivity index is 2.09. The first-order chi connectivity index (χ1) is 10.5. The fourth-order valence-electron chi connectivity index (χ4n) is 1.77. The van der Waals surface area contributed by atoms with Gasteiger partial charge in [0.25, 0.3) is 0 Å². The van der Waals surface area contributed by atoms with E-state index < -0.39 is 12.1 Å². The van der Waals surface area contributed by atoms with Crippen molar-refractivity contribution in [3.8, 4) is 5.75 Å². The number of ether oxygens (including phenoxy) is 1. The maximum atomic E-state index is 10.7. The van der Waals surface area contributed by atoms with Gasteiger partial charge >= 0.3 is 5.97 Å². The summed E-state index contributed by atoms with van der Waals surface area (Å²) in [5, 5.41) is 9.48. The standard InChI is InChI=1S/C17H16ClNO3/c1-11-15(18)4-3-5-16(11)19-10-13-6-8-14(9-7-13)22-12(2)17(20)21/h3-10,12H,1-2H3,(H,20,21)/t12-/m0/s1. The number of carbonyl (C=O) groups is 1. The predicted molar refractivity (Wildman–Crippen MR) is 87.6 cm³/mol. The Hall–Kier alpha value is -2.33. The number of carboxylic acids is 1. The van der Waals surface area contributed by atoms with Gasteiger partial charge in [-0.2, -0.15) is 0 Å². The molecule has 0 fully saturated rings. The topological polar surface area (TPSA) is 58.9 Å². The number of carboxylic acid groups (broad SMARTS) is 1. The molecule has 0 unspecified atom stereocenters. The molecule has 0 amide bonds. The first kappa shape index (κ1) is 16.0. The molecule has 0 aliphatic rings. The molecular weight excluding hydrogens is 302 g/mol. The monoisotopic (exact) mass is 317 g/mol. The van der Waals surface area contributed by atoms with Crippen molar-refractivity contribution in [3.63, 3.8) is 0 Å². The first-order valence-corrected chi connectivity index (χ1v) is 7.14. The van der Waals surface area contributed by atoms with Gasteiger partial charge in [0.2, 0.25) is 0 Å². The third-order valence-electron chi connectivity index (χ3n) is 3.13. The smallest absolute Gasteiger partial charge is 0.344 e. The molecule has 1 atom stereocenters. The van der Waals surface area contributed by atoms with Crippen LogP contribution in [0.5, 0.6) is 5.75 Å². The first-order valence-electron chi connectivity index (χ1n) is 6.76. The van der Waals surface area contributed by atoms with Gasteiger partial charge in [0.15, 0.2) is 6.10 Å². The molecular formula is C17H16ClNO3. The van der Waals surface area contributed by atoms with Crippen molar-refractivity contribution in [2.75, 3.05) is 0 Å². The minimum atomic E-state index is -0.998. The lowest BCUT2D eigenvalue weighted by Gasteiger charge is -2.10. The molecule has 1 N–H and O–H groups in total. The largest absolute Gasteiger partial charge is 0.479 e. The van der Waals surface area contributed by atoms with Crippen molar-refractivity contribution >= 4 is 29.5 Å². The van der Waals surface area contributed by atoms with Crippen LogP contribution in [0.3, 0.4) is 0 Å². The van der Waals surface area contributed by atoms with Crippen LogP contribution < -0.4 is 4.74 Å². The van der Waals surface area contributed by atoms with E-state index in [2.05, 4.69) is 4.99 Å². The van der Waals surface area contributed by atoms with Gasteiger partial charge in [-0.15, -0.1) is 0 Å². The Bertz CT molecular complexity index is 696. The van der Waals surface area contributed by atoms with Crippen LogP contribution in [0.25, 0.3) is 0 Å². The number of aliphatic carboxylic acids is 1. The van der Waals surface area contributed by atoms with E-state index in [0.717, 1.165) is 16.8 Å². The Morgan fingerprint density at radius 2 is 1.95 bits per heavy atom. The highest BCUT2D eigenvalue weighted by Crippen LogP contribution is 2.25. The second kappa shape index (κ2) is 7.09. The SMILES string of the molecule is Cc1c(Cl)cccc1N=Cc1ccc(O[C@@H](C)C(=O)O)cc1. The molecule has 0 radical (unpaired) electrons. The van der Waals surface area contributed by atoms with Gasteiger partial charge in [-0.1, -0.05) is 17.7 Å². The molecule has 114 valence electrons. The van der Waals surface area contributed by atoms with Crippen LogP contribution in [-0.4, -0.2) is 23.4 Å². The molecule has 0 aromatic heterocycles. The van der Waals surface area contributed by atoms with Gasteiger partial charge in [0.05, 0.1) is 5.69 Å². The molecule has 2 aromatic rings. The van der Waals surface area contributed by atoms with E-state index in [0.29, 0.717) is 10.8 Å². The van der Waals surface area contributed by atoms with Crippen LogP contribution >= 0.6 is 11.6 Å². The van der Waals surface area contributed by atoms with Gasteiger partial charge in [0.1, 0.15) is 5.75 Å². The highest BCUT2D eigenvalue weighted by Gasteiger charge is 2.11. The number of rotatable bonds is 5. The summed E-state index contributed by atoms with van der Waals surface area (Å²) < 4.78 is 5.27. The lowest BCUT2D eigenvalue weighted by Crippen LogP contribution is -2.22. The average molecular weight is 318 g/mol. The van der Waals surface area contributed by atoms with Gasteiger partial charge in [0, 0.05) is 11.2 Å². The van der Waals surface area contributed by atoms with Crippen LogP contribution in [-0.2, 0) is 4.79 Å². The second-order valence-corrected chi connectivity index (χ2v) is 5.22. The van der Waals surface area contributed by atoms with E-state index >= 15 is 0 Å². The summed E-state index contributed by atoms with van der Waals surface area (Å²) in [5.74, 6) is -0.493. The molecule has 4 nitrogen and oxygen atoms in total. The molecule has 5 heteroatoms. The molecule has 0 bridgehead atoms. The van der Waals surface area contributed by atoms with Gasteiger partial charge in [-0.3, -0.25) is 4.99 Å². The summed E-state index contributed by atoms with van der Waals surface area (Å²) in [6.07, 6.45) is 0.844. The zero-order chi connectivity index (χ0) is 16.1. The lowest BCUT2D eigenvalue weighted by molar-refractivity contribution is -0.144.